The number of hydrogen-bond acceptors (Lipinski definition) is 4. The van der Waals surface area contributed by atoms with E-state index in [0.29, 0.717) is 11.7 Å². The molecular weight excluding hydrogens is 400 g/mol. The molecule has 1 aliphatic rings. The number of benzene rings is 2. The Bertz CT molecular complexity index is 1280. The van der Waals surface area contributed by atoms with Crippen LogP contribution in [-0.2, 0) is 4.74 Å². The minimum atomic E-state index is -0.568. The van der Waals surface area contributed by atoms with Crippen LogP contribution < -0.4 is 5.32 Å². The van der Waals surface area contributed by atoms with Crippen LogP contribution in [0.25, 0.3) is 27.7 Å². The molecule has 2 aromatic carbocycles. The molecule has 2 aromatic heterocycles. The van der Waals surface area contributed by atoms with Crippen LogP contribution in [-0.4, -0.2) is 26.5 Å². The molecule has 5 rings (SSSR count). The molecule has 0 bridgehead atoms. The second-order valence-electron chi connectivity index (χ2n) is 9.20. The van der Waals surface area contributed by atoms with E-state index >= 15 is 0 Å². The molecule has 0 aliphatic heterocycles. The number of carbonyl (C=O) groups is 1. The van der Waals surface area contributed by atoms with Crippen molar-refractivity contribution < 1.29 is 9.53 Å². The van der Waals surface area contributed by atoms with Gasteiger partial charge < -0.3 is 4.74 Å². The first-order valence-corrected chi connectivity index (χ1v) is 10.9. The zero-order chi connectivity index (χ0) is 22.3. The third-order valence-electron chi connectivity index (χ3n) is 5.40. The van der Waals surface area contributed by atoms with Crippen LogP contribution in [0.3, 0.4) is 0 Å². The highest BCUT2D eigenvalue weighted by atomic mass is 16.6. The number of pyridine rings is 1. The normalized spacial score (nSPS) is 13.8. The molecule has 0 atom stereocenters. The maximum absolute atomic E-state index is 12.1. The van der Waals surface area contributed by atoms with Crippen LogP contribution in [0.1, 0.15) is 45.2 Å². The Morgan fingerprint density at radius 1 is 1.03 bits per heavy atom. The van der Waals surface area contributed by atoms with Crippen LogP contribution in [0.2, 0.25) is 0 Å². The number of para-hydroxylation sites is 1. The summed E-state index contributed by atoms with van der Waals surface area (Å²) in [6, 6.07) is 20.4. The molecule has 1 amide bonds. The second-order valence-corrected chi connectivity index (χ2v) is 9.20. The first kappa shape index (κ1) is 20.2. The number of fused-ring (bicyclic) bond motifs is 1. The van der Waals surface area contributed by atoms with Crippen molar-refractivity contribution in [3.63, 3.8) is 0 Å². The highest BCUT2D eigenvalue weighted by molar-refractivity contribution is 5.89. The molecule has 0 unspecified atom stereocenters. The molecule has 6 heteroatoms. The minimum absolute atomic E-state index is 0.451. The number of ether oxygens (including phenoxy) is 1. The maximum Gasteiger partial charge on any atom is 0.413 e. The second kappa shape index (κ2) is 7.79. The molecule has 32 heavy (non-hydrogen) atoms. The number of anilines is 1. The zero-order valence-corrected chi connectivity index (χ0v) is 18.5. The van der Waals surface area contributed by atoms with Gasteiger partial charge in [-0.05, 0) is 75.1 Å². The average Bonchev–Trinajstić information content (AvgIpc) is 3.53. The van der Waals surface area contributed by atoms with Crippen LogP contribution in [0.5, 0.6) is 0 Å². The molecule has 1 saturated carbocycles. The van der Waals surface area contributed by atoms with Gasteiger partial charge in [-0.1, -0.05) is 30.3 Å². The molecule has 1 fully saturated rings. The lowest BCUT2D eigenvalue weighted by molar-refractivity contribution is 0.0635. The summed E-state index contributed by atoms with van der Waals surface area (Å²) >= 11 is 0. The first-order chi connectivity index (χ1) is 15.4. The summed E-state index contributed by atoms with van der Waals surface area (Å²) in [5.41, 5.74) is 4.73. The quantitative estimate of drug-likeness (QED) is 0.415. The smallest absolute Gasteiger partial charge is 0.413 e. The highest BCUT2D eigenvalue weighted by Gasteiger charge is 2.29. The van der Waals surface area contributed by atoms with Gasteiger partial charge in [0.25, 0.3) is 0 Å². The van der Waals surface area contributed by atoms with Crippen molar-refractivity contribution in [3.05, 3.63) is 72.6 Å². The average molecular weight is 427 g/mol. The molecule has 162 valence electrons. The molecular formula is C26H26N4O2. The van der Waals surface area contributed by atoms with Crippen LogP contribution in [0.15, 0.2) is 66.9 Å². The van der Waals surface area contributed by atoms with Crippen molar-refractivity contribution in [2.75, 3.05) is 5.32 Å². The maximum atomic E-state index is 12.1. The molecule has 1 N–H and O–H groups in total. The van der Waals surface area contributed by atoms with E-state index in [-0.39, 0.29) is 0 Å². The Kier molecular flexibility index (Phi) is 4.93. The van der Waals surface area contributed by atoms with Gasteiger partial charge in [0.15, 0.2) is 0 Å². The third-order valence-corrected chi connectivity index (χ3v) is 5.40. The highest BCUT2D eigenvalue weighted by Crippen LogP contribution is 2.43. The van der Waals surface area contributed by atoms with E-state index in [1.807, 2.05) is 55.8 Å². The van der Waals surface area contributed by atoms with E-state index in [0.717, 1.165) is 22.3 Å². The lowest BCUT2D eigenvalue weighted by atomic mass is 10.0. The summed E-state index contributed by atoms with van der Waals surface area (Å²) in [6.45, 7) is 5.49. The SMILES string of the molecule is CC(C)(C)OC(=O)Nc1cc(-c2ccc3c(C4CC4)nn(-c4ccccc4)c3c2)ccn1. The van der Waals surface area contributed by atoms with Crippen LogP contribution in [0.4, 0.5) is 10.6 Å². The summed E-state index contributed by atoms with van der Waals surface area (Å²) in [6.07, 6.45) is 3.57. The molecule has 4 aromatic rings. The van der Waals surface area contributed by atoms with Crippen molar-refractivity contribution >= 4 is 22.8 Å². The zero-order valence-electron chi connectivity index (χ0n) is 18.5. The number of amides is 1. The van der Waals surface area contributed by atoms with Gasteiger partial charge in [0.1, 0.15) is 11.4 Å². The Labute approximate surface area is 187 Å². The fraction of sp³-hybridized carbons (Fsp3) is 0.269. The van der Waals surface area contributed by atoms with E-state index in [4.69, 9.17) is 9.84 Å². The summed E-state index contributed by atoms with van der Waals surface area (Å²) in [7, 11) is 0. The molecule has 0 radical (unpaired) electrons. The Hall–Kier alpha value is -3.67. The Balaban J connectivity index is 1.52. The summed E-state index contributed by atoms with van der Waals surface area (Å²) in [5, 5.41) is 8.89. The van der Waals surface area contributed by atoms with Crippen molar-refractivity contribution in [1.29, 1.82) is 0 Å². The van der Waals surface area contributed by atoms with E-state index in [1.165, 1.54) is 23.9 Å². The summed E-state index contributed by atoms with van der Waals surface area (Å²) < 4.78 is 7.37. The van der Waals surface area contributed by atoms with Gasteiger partial charge in [-0.2, -0.15) is 5.10 Å². The van der Waals surface area contributed by atoms with E-state index in [1.54, 1.807) is 6.20 Å². The Morgan fingerprint density at radius 2 is 1.78 bits per heavy atom. The van der Waals surface area contributed by atoms with Gasteiger partial charge in [0.05, 0.1) is 16.9 Å². The van der Waals surface area contributed by atoms with Crippen molar-refractivity contribution in [3.8, 4) is 16.8 Å². The number of rotatable bonds is 4. The number of hydrogen-bond donors (Lipinski definition) is 1. The lowest BCUT2D eigenvalue weighted by Crippen LogP contribution is -2.27. The monoisotopic (exact) mass is 426 g/mol. The van der Waals surface area contributed by atoms with Crippen LogP contribution >= 0.6 is 0 Å². The molecule has 1 aliphatic carbocycles. The first-order valence-electron chi connectivity index (χ1n) is 10.9. The molecule has 0 saturated heterocycles. The van der Waals surface area contributed by atoms with Gasteiger partial charge in [0, 0.05) is 17.5 Å². The number of nitrogens with zero attached hydrogens (tertiary/aromatic N) is 3. The predicted molar refractivity (Wildman–Crippen MR) is 126 cm³/mol. The summed E-state index contributed by atoms with van der Waals surface area (Å²) in [4.78, 5) is 16.4. The van der Waals surface area contributed by atoms with Crippen molar-refractivity contribution in [2.45, 2.75) is 45.1 Å². The molecule has 6 nitrogen and oxygen atoms in total. The van der Waals surface area contributed by atoms with Gasteiger partial charge in [-0.3, -0.25) is 5.32 Å². The van der Waals surface area contributed by atoms with Crippen molar-refractivity contribution in [2.24, 2.45) is 0 Å². The number of aromatic nitrogens is 3. The van der Waals surface area contributed by atoms with Gasteiger partial charge in [-0.15, -0.1) is 0 Å². The van der Waals surface area contributed by atoms with E-state index in [9.17, 15) is 4.79 Å². The van der Waals surface area contributed by atoms with Crippen LogP contribution in [0, 0.1) is 0 Å². The fourth-order valence-electron chi connectivity index (χ4n) is 3.83. The fourth-order valence-corrected chi connectivity index (χ4v) is 3.83. The predicted octanol–water partition coefficient (Wildman–Crippen LogP) is 6.31. The van der Waals surface area contributed by atoms with E-state index in [2.05, 4.69) is 40.6 Å². The molecule has 2 heterocycles. The molecule has 0 spiro atoms. The number of carbonyl (C=O) groups excluding carboxylic acids is 1. The standard InChI is InChI=1S/C26H26N4O2/c1-26(2,3)32-25(31)28-23-16-19(13-14-27-23)18-11-12-21-22(15-18)30(20-7-5-4-6-8-20)29-24(21)17-9-10-17/h4-8,11-17H,9-10H2,1-3H3,(H,27,28,31). The van der Waals surface area contributed by atoms with E-state index < -0.39 is 11.7 Å². The minimum Gasteiger partial charge on any atom is -0.444 e. The van der Waals surface area contributed by atoms with Gasteiger partial charge in [0.2, 0.25) is 0 Å². The summed E-state index contributed by atoms with van der Waals surface area (Å²) in [5.74, 6) is 1.01. The van der Waals surface area contributed by atoms with Gasteiger partial charge >= 0.3 is 6.09 Å². The Morgan fingerprint density at radius 3 is 2.50 bits per heavy atom. The largest absolute Gasteiger partial charge is 0.444 e. The van der Waals surface area contributed by atoms with Crippen molar-refractivity contribution in [1.82, 2.24) is 14.8 Å². The lowest BCUT2D eigenvalue weighted by Gasteiger charge is -2.19. The number of nitrogens with one attached hydrogen (secondary N) is 1. The van der Waals surface area contributed by atoms with Gasteiger partial charge in [-0.25, -0.2) is 14.5 Å². The third kappa shape index (κ3) is 4.21. The topological polar surface area (TPSA) is 69.0 Å².